The van der Waals surface area contributed by atoms with Crippen LogP contribution in [0.2, 0.25) is 0 Å². The zero-order chi connectivity index (χ0) is 12.5. The van der Waals surface area contributed by atoms with Gasteiger partial charge in [-0.05, 0) is 62.7 Å². The Morgan fingerprint density at radius 3 is 2.28 bits per heavy atom. The van der Waals surface area contributed by atoms with Crippen LogP contribution >= 0.6 is 0 Å². The predicted octanol–water partition coefficient (Wildman–Crippen LogP) is 3.05. The van der Waals surface area contributed by atoms with E-state index in [-0.39, 0.29) is 6.10 Å². The van der Waals surface area contributed by atoms with Gasteiger partial charge in [-0.25, -0.2) is 0 Å². The molecule has 3 fully saturated rings. The van der Waals surface area contributed by atoms with Crippen molar-refractivity contribution in [1.82, 2.24) is 4.90 Å². The lowest BCUT2D eigenvalue weighted by molar-refractivity contribution is 0.0243. The second-order valence-corrected chi connectivity index (χ2v) is 7.04. The highest BCUT2D eigenvalue weighted by Gasteiger charge is 2.37. The summed E-state index contributed by atoms with van der Waals surface area (Å²) < 4.78 is 0. The van der Waals surface area contributed by atoms with E-state index in [0.29, 0.717) is 5.92 Å². The maximum atomic E-state index is 10.3. The third kappa shape index (κ3) is 3.27. The molecule has 3 aliphatic rings. The lowest BCUT2D eigenvalue weighted by atomic mass is 9.78. The third-order valence-electron chi connectivity index (χ3n) is 5.35. The first kappa shape index (κ1) is 12.9. The summed E-state index contributed by atoms with van der Waals surface area (Å²) in [6.07, 6.45) is 10.6. The monoisotopic (exact) mass is 251 g/mol. The normalized spacial score (nSPS) is 37.2. The van der Waals surface area contributed by atoms with Crippen molar-refractivity contribution in [2.45, 2.75) is 70.4 Å². The van der Waals surface area contributed by atoms with Crippen LogP contribution in [0.5, 0.6) is 0 Å². The molecule has 0 amide bonds. The van der Waals surface area contributed by atoms with Gasteiger partial charge in [0.15, 0.2) is 0 Å². The van der Waals surface area contributed by atoms with E-state index in [1.54, 1.807) is 0 Å². The summed E-state index contributed by atoms with van der Waals surface area (Å²) in [4.78, 5) is 2.73. The van der Waals surface area contributed by atoms with Crippen LogP contribution in [0.1, 0.15) is 58.3 Å². The highest BCUT2D eigenvalue weighted by atomic mass is 16.3. The highest BCUT2D eigenvalue weighted by molar-refractivity contribution is 4.91. The van der Waals surface area contributed by atoms with E-state index in [9.17, 15) is 5.11 Å². The number of nitrogens with zero attached hydrogens (tertiary/aromatic N) is 1. The van der Waals surface area contributed by atoms with Crippen molar-refractivity contribution < 1.29 is 5.11 Å². The molecule has 3 rings (SSSR count). The second-order valence-electron chi connectivity index (χ2n) is 7.04. The van der Waals surface area contributed by atoms with Crippen molar-refractivity contribution in [3.8, 4) is 0 Å². The van der Waals surface area contributed by atoms with Crippen LogP contribution in [0.25, 0.3) is 0 Å². The Kier molecular flexibility index (Phi) is 3.95. The van der Waals surface area contributed by atoms with Gasteiger partial charge in [0, 0.05) is 19.1 Å². The molecule has 0 radical (unpaired) electrons. The minimum absolute atomic E-state index is 0.0201. The van der Waals surface area contributed by atoms with Crippen LogP contribution in [0.3, 0.4) is 0 Å². The first-order valence-corrected chi connectivity index (χ1v) is 8.18. The Morgan fingerprint density at radius 2 is 1.67 bits per heavy atom. The Morgan fingerprint density at radius 1 is 0.944 bits per heavy atom. The van der Waals surface area contributed by atoms with Gasteiger partial charge < -0.3 is 5.11 Å². The van der Waals surface area contributed by atoms with E-state index < -0.39 is 0 Å². The van der Waals surface area contributed by atoms with Crippen molar-refractivity contribution in [2.75, 3.05) is 13.1 Å². The number of hydrogen-bond donors (Lipinski definition) is 1. The van der Waals surface area contributed by atoms with Crippen LogP contribution in [-0.2, 0) is 0 Å². The number of rotatable bonds is 6. The molecule has 0 heterocycles. The van der Waals surface area contributed by atoms with Crippen LogP contribution < -0.4 is 0 Å². The van der Waals surface area contributed by atoms with E-state index in [2.05, 4.69) is 11.8 Å². The molecule has 0 aromatic rings. The third-order valence-corrected chi connectivity index (χ3v) is 5.35. The predicted molar refractivity (Wildman–Crippen MR) is 74.4 cm³/mol. The molecule has 0 aromatic heterocycles. The smallest absolute Gasteiger partial charge is 0.0580 e. The average Bonchev–Trinajstić information content (AvgIpc) is 3.24. The van der Waals surface area contributed by atoms with E-state index in [1.165, 1.54) is 58.0 Å². The molecule has 3 unspecified atom stereocenters. The van der Waals surface area contributed by atoms with Gasteiger partial charge in [-0.1, -0.05) is 13.3 Å². The van der Waals surface area contributed by atoms with Crippen molar-refractivity contribution >= 4 is 0 Å². The molecule has 0 aliphatic heterocycles. The van der Waals surface area contributed by atoms with Crippen molar-refractivity contribution in [3.63, 3.8) is 0 Å². The van der Waals surface area contributed by atoms with Crippen LogP contribution in [0.15, 0.2) is 0 Å². The SMILES string of the molecule is CCC1CCC(O)C(CN(CC2CC2)C2CC2)C1. The fourth-order valence-electron chi connectivity index (χ4n) is 3.66. The Bertz CT molecular complexity index is 272. The standard InChI is InChI=1S/C16H29NO/c1-2-12-5-8-16(18)14(9-12)11-17(15-6-7-15)10-13-3-4-13/h12-16,18H,2-11H2,1H3. The van der Waals surface area contributed by atoms with Gasteiger partial charge in [0.25, 0.3) is 0 Å². The Balaban J connectivity index is 1.54. The minimum Gasteiger partial charge on any atom is -0.393 e. The lowest BCUT2D eigenvalue weighted by Crippen LogP contribution is -2.40. The van der Waals surface area contributed by atoms with Gasteiger partial charge in [-0.2, -0.15) is 0 Å². The Labute approximate surface area is 112 Å². The van der Waals surface area contributed by atoms with E-state index in [0.717, 1.165) is 24.3 Å². The van der Waals surface area contributed by atoms with Crippen LogP contribution in [0, 0.1) is 17.8 Å². The summed E-state index contributed by atoms with van der Waals surface area (Å²) in [7, 11) is 0. The molecular weight excluding hydrogens is 222 g/mol. The quantitative estimate of drug-likeness (QED) is 0.784. The number of hydrogen-bond acceptors (Lipinski definition) is 2. The maximum Gasteiger partial charge on any atom is 0.0580 e. The van der Waals surface area contributed by atoms with Gasteiger partial charge in [-0.15, -0.1) is 0 Å². The molecular formula is C16H29NO. The molecule has 2 nitrogen and oxygen atoms in total. The molecule has 1 N–H and O–H groups in total. The van der Waals surface area contributed by atoms with E-state index in [1.807, 2.05) is 0 Å². The van der Waals surface area contributed by atoms with E-state index in [4.69, 9.17) is 0 Å². The summed E-state index contributed by atoms with van der Waals surface area (Å²) in [6, 6.07) is 0.875. The average molecular weight is 251 g/mol. The molecule has 104 valence electrons. The largest absolute Gasteiger partial charge is 0.393 e. The van der Waals surface area contributed by atoms with Crippen LogP contribution in [-0.4, -0.2) is 35.2 Å². The van der Waals surface area contributed by atoms with Crippen LogP contribution in [0.4, 0.5) is 0 Å². The summed E-state index contributed by atoms with van der Waals surface area (Å²) in [5.74, 6) is 2.43. The fourth-order valence-corrected chi connectivity index (χ4v) is 3.66. The topological polar surface area (TPSA) is 23.5 Å². The second kappa shape index (κ2) is 5.50. The van der Waals surface area contributed by atoms with Crippen molar-refractivity contribution in [2.24, 2.45) is 17.8 Å². The van der Waals surface area contributed by atoms with Crippen molar-refractivity contribution in [3.05, 3.63) is 0 Å². The maximum absolute atomic E-state index is 10.3. The molecule has 3 aliphatic carbocycles. The first-order valence-electron chi connectivity index (χ1n) is 8.18. The summed E-state index contributed by atoms with van der Waals surface area (Å²) >= 11 is 0. The van der Waals surface area contributed by atoms with Gasteiger partial charge in [0.05, 0.1) is 6.10 Å². The van der Waals surface area contributed by atoms with Gasteiger partial charge >= 0.3 is 0 Å². The molecule has 0 spiro atoms. The molecule has 3 atom stereocenters. The molecule has 18 heavy (non-hydrogen) atoms. The van der Waals surface area contributed by atoms with Gasteiger partial charge in [0.2, 0.25) is 0 Å². The molecule has 0 saturated heterocycles. The molecule has 2 heteroatoms. The fraction of sp³-hybridized carbons (Fsp3) is 1.00. The summed E-state index contributed by atoms with van der Waals surface area (Å²) in [5.41, 5.74) is 0. The van der Waals surface area contributed by atoms with Gasteiger partial charge in [-0.3, -0.25) is 4.90 Å². The molecule has 0 bridgehead atoms. The number of aliphatic hydroxyl groups is 1. The minimum atomic E-state index is -0.0201. The zero-order valence-corrected chi connectivity index (χ0v) is 11.9. The summed E-state index contributed by atoms with van der Waals surface area (Å²) in [6.45, 7) is 4.81. The van der Waals surface area contributed by atoms with Gasteiger partial charge in [0.1, 0.15) is 0 Å². The zero-order valence-electron chi connectivity index (χ0n) is 11.9. The summed E-state index contributed by atoms with van der Waals surface area (Å²) in [5, 5.41) is 10.3. The lowest BCUT2D eigenvalue weighted by Gasteiger charge is -2.36. The molecule has 0 aromatic carbocycles. The highest BCUT2D eigenvalue weighted by Crippen LogP contribution is 2.38. The van der Waals surface area contributed by atoms with Crippen molar-refractivity contribution in [1.29, 1.82) is 0 Å². The Hall–Kier alpha value is -0.0800. The van der Waals surface area contributed by atoms with E-state index >= 15 is 0 Å². The number of aliphatic hydroxyl groups excluding tert-OH is 1. The molecule has 3 saturated carbocycles. The first-order chi connectivity index (χ1) is 8.76.